The Morgan fingerprint density at radius 1 is 1.38 bits per heavy atom. The summed E-state index contributed by atoms with van der Waals surface area (Å²) in [5.41, 5.74) is 1.41. The third-order valence-corrected chi connectivity index (χ3v) is 7.85. The van der Waals surface area contributed by atoms with Crippen molar-refractivity contribution in [3.05, 3.63) is 49.0 Å². The highest BCUT2D eigenvalue weighted by atomic mass is 32.1. The van der Waals surface area contributed by atoms with E-state index in [1.165, 1.54) is 10.4 Å². The average Bonchev–Trinajstić information content (AvgIpc) is 3.30. The minimum absolute atomic E-state index is 0.0281. The first-order valence-corrected chi connectivity index (χ1v) is 11.8. The number of aryl methyl sites for hydroxylation is 2. The monoisotopic (exact) mass is 429 g/mol. The summed E-state index contributed by atoms with van der Waals surface area (Å²) in [6, 6.07) is 3.97. The molecule has 5 nitrogen and oxygen atoms in total. The van der Waals surface area contributed by atoms with Crippen LogP contribution in [-0.4, -0.2) is 15.9 Å². The van der Waals surface area contributed by atoms with E-state index < -0.39 is 0 Å². The van der Waals surface area contributed by atoms with Gasteiger partial charge in [0, 0.05) is 22.6 Å². The third-order valence-electron chi connectivity index (χ3n) is 5.82. The lowest BCUT2D eigenvalue weighted by Gasteiger charge is -2.33. The van der Waals surface area contributed by atoms with Crippen LogP contribution in [0.1, 0.15) is 54.8 Å². The molecule has 2 N–H and O–H groups in total. The van der Waals surface area contributed by atoms with Crippen LogP contribution in [0.2, 0.25) is 0 Å². The van der Waals surface area contributed by atoms with E-state index in [9.17, 15) is 9.59 Å². The number of hydrogen-bond donors (Lipinski definition) is 2. The smallest absolute Gasteiger partial charge is 0.259 e. The van der Waals surface area contributed by atoms with Crippen LogP contribution in [-0.2, 0) is 30.6 Å². The Morgan fingerprint density at radius 2 is 2.21 bits per heavy atom. The van der Waals surface area contributed by atoms with Gasteiger partial charge in [-0.1, -0.05) is 26.8 Å². The Balaban J connectivity index is 1.46. The lowest BCUT2D eigenvalue weighted by Crippen LogP contribution is -2.26. The van der Waals surface area contributed by atoms with Gasteiger partial charge in [-0.25, -0.2) is 4.98 Å². The molecule has 1 aliphatic carbocycles. The van der Waals surface area contributed by atoms with E-state index in [1.807, 2.05) is 17.5 Å². The first-order valence-electron chi connectivity index (χ1n) is 10.1. The maximum atomic E-state index is 12.7. The van der Waals surface area contributed by atoms with Crippen molar-refractivity contribution in [2.45, 2.75) is 59.4 Å². The number of nitrogens with zero attached hydrogens (tertiary/aromatic N) is 1. The molecule has 4 rings (SSSR count). The molecule has 3 aromatic rings. The van der Waals surface area contributed by atoms with Crippen molar-refractivity contribution in [1.82, 2.24) is 15.3 Å². The van der Waals surface area contributed by atoms with Gasteiger partial charge in [0.15, 0.2) is 0 Å². The Bertz CT molecular complexity index is 1070. The summed E-state index contributed by atoms with van der Waals surface area (Å²) in [4.78, 5) is 35.7. The van der Waals surface area contributed by atoms with E-state index in [4.69, 9.17) is 4.98 Å². The number of carbonyl (C=O) groups is 1. The fourth-order valence-electron chi connectivity index (χ4n) is 4.01. The second-order valence-electron chi connectivity index (χ2n) is 8.86. The predicted octanol–water partition coefficient (Wildman–Crippen LogP) is 4.45. The van der Waals surface area contributed by atoms with Crippen molar-refractivity contribution in [3.63, 3.8) is 0 Å². The first kappa shape index (κ1) is 20.3. The minimum atomic E-state index is -0.0595. The fourth-order valence-corrected chi connectivity index (χ4v) is 5.97. The molecule has 0 saturated carbocycles. The average molecular weight is 430 g/mol. The number of hydrogen-bond acceptors (Lipinski definition) is 5. The maximum absolute atomic E-state index is 12.7. The molecule has 1 atom stereocenters. The van der Waals surface area contributed by atoms with Crippen molar-refractivity contribution in [3.8, 4) is 0 Å². The largest absolute Gasteiger partial charge is 0.351 e. The van der Waals surface area contributed by atoms with Gasteiger partial charge < -0.3 is 10.3 Å². The quantitative estimate of drug-likeness (QED) is 0.629. The second-order valence-corrected chi connectivity index (χ2v) is 11.0. The van der Waals surface area contributed by atoms with E-state index in [-0.39, 0.29) is 16.9 Å². The molecule has 0 fully saturated rings. The lowest BCUT2D eigenvalue weighted by molar-refractivity contribution is -0.121. The molecule has 0 spiro atoms. The first-order chi connectivity index (χ1) is 13.8. The van der Waals surface area contributed by atoms with Gasteiger partial charge in [-0.3, -0.25) is 9.59 Å². The van der Waals surface area contributed by atoms with E-state index in [0.29, 0.717) is 31.1 Å². The molecule has 7 heteroatoms. The topological polar surface area (TPSA) is 74.8 Å². The summed E-state index contributed by atoms with van der Waals surface area (Å²) >= 11 is 3.28. The number of amides is 1. The van der Waals surface area contributed by atoms with Crippen LogP contribution in [0.15, 0.2) is 22.3 Å². The third kappa shape index (κ3) is 4.46. The molecular weight excluding hydrogens is 402 g/mol. The summed E-state index contributed by atoms with van der Waals surface area (Å²) in [5, 5.41) is 5.68. The molecule has 3 heterocycles. The number of carbonyl (C=O) groups excluding carboxylic acids is 1. The van der Waals surface area contributed by atoms with Gasteiger partial charge in [-0.05, 0) is 47.6 Å². The molecule has 0 aliphatic heterocycles. The van der Waals surface area contributed by atoms with Crippen molar-refractivity contribution in [1.29, 1.82) is 0 Å². The predicted molar refractivity (Wildman–Crippen MR) is 120 cm³/mol. The van der Waals surface area contributed by atoms with Gasteiger partial charge in [0.1, 0.15) is 10.7 Å². The summed E-state index contributed by atoms with van der Waals surface area (Å²) in [6.07, 6.45) is 3.85. The van der Waals surface area contributed by atoms with E-state index in [1.54, 1.807) is 22.7 Å². The molecule has 0 aromatic carbocycles. The van der Waals surface area contributed by atoms with Crippen LogP contribution in [0.3, 0.4) is 0 Å². The number of nitrogens with one attached hydrogen (secondary N) is 2. The van der Waals surface area contributed by atoms with Gasteiger partial charge in [0.2, 0.25) is 5.91 Å². The Hall–Kier alpha value is -1.99. The lowest BCUT2D eigenvalue weighted by atomic mass is 9.72. The highest BCUT2D eigenvalue weighted by molar-refractivity contribution is 7.18. The van der Waals surface area contributed by atoms with Crippen molar-refractivity contribution >= 4 is 38.8 Å². The number of aromatic nitrogens is 2. The summed E-state index contributed by atoms with van der Waals surface area (Å²) < 4.78 is 0. The van der Waals surface area contributed by atoms with Crippen LogP contribution >= 0.6 is 22.7 Å². The standard InChI is InChI=1S/C22H27N3O2S2/c1-22(2,3)13-6-7-15-16(11-13)29-21-19(15)20(27)24-17(25-21)8-9-18(26)23-12-14-5-4-10-28-14/h4-5,10,13H,6-9,11-12H2,1-3H3,(H,23,26)(H,24,25,27)/t13-/m1/s1. The maximum Gasteiger partial charge on any atom is 0.259 e. The molecular formula is C22H27N3O2S2. The number of rotatable bonds is 5. The number of H-pyrrole nitrogens is 1. The molecule has 0 saturated heterocycles. The van der Waals surface area contributed by atoms with Crippen LogP contribution in [0, 0.1) is 11.3 Å². The summed E-state index contributed by atoms with van der Waals surface area (Å²) in [7, 11) is 0. The van der Waals surface area contributed by atoms with Crippen molar-refractivity contribution < 1.29 is 4.79 Å². The Kier molecular flexibility index (Phi) is 5.62. The minimum Gasteiger partial charge on any atom is -0.351 e. The molecule has 3 aromatic heterocycles. The number of aromatic amines is 1. The van der Waals surface area contributed by atoms with Crippen molar-refractivity contribution in [2.75, 3.05) is 0 Å². The molecule has 29 heavy (non-hydrogen) atoms. The van der Waals surface area contributed by atoms with Crippen LogP contribution in [0.4, 0.5) is 0 Å². The molecule has 0 radical (unpaired) electrons. The van der Waals surface area contributed by atoms with Crippen LogP contribution in [0.5, 0.6) is 0 Å². The van der Waals surface area contributed by atoms with Gasteiger partial charge in [-0.15, -0.1) is 22.7 Å². The highest BCUT2D eigenvalue weighted by Crippen LogP contribution is 2.41. The SMILES string of the molecule is CC(C)(C)[C@@H]1CCc2c(sc3nc(CCC(=O)NCc4cccs4)[nH]c(=O)c23)C1. The summed E-state index contributed by atoms with van der Waals surface area (Å²) in [5.74, 6) is 1.20. The second kappa shape index (κ2) is 8.03. The van der Waals surface area contributed by atoms with E-state index in [0.717, 1.165) is 34.4 Å². The van der Waals surface area contributed by atoms with Gasteiger partial charge >= 0.3 is 0 Å². The van der Waals surface area contributed by atoms with Crippen molar-refractivity contribution in [2.24, 2.45) is 11.3 Å². The zero-order valence-electron chi connectivity index (χ0n) is 17.1. The van der Waals surface area contributed by atoms with E-state index in [2.05, 4.69) is 31.1 Å². The van der Waals surface area contributed by atoms with Crippen LogP contribution in [0.25, 0.3) is 10.2 Å². The Labute approximate surface area is 178 Å². The molecule has 0 unspecified atom stereocenters. The molecule has 0 bridgehead atoms. The van der Waals surface area contributed by atoms with E-state index >= 15 is 0 Å². The molecule has 154 valence electrons. The summed E-state index contributed by atoms with van der Waals surface area (Å²) in [6.45, 7) is 7.43. The van der Waals surface area contributed by atoms with Gasteiger partial charge in [0.05, 0.1) is 11.9 Å². The van der Waals surface area contributed by atoms with Gasteiger partial charge in [-0.2, -0.15) is 0 Å². The number of fused-ring (bicyclic) bond motifs is 3. The normalized spacial score (nSPS) is 16.7. The zero-order valence-corrected chi connectivity index (χ0v) is 18.8. The highest BCUT2D eigenvalue weighted by Gasteiger charge is 2.31. The molecule has 1 aliphatic rings. The zero-order chi connectivity index (χ0) is 20.6. The van der Waals surface area contributed by atoms with Crippen LogP contribution < -0.4 is 10.9 Å². The fraction of sp³-hybridized carbons (Fsp3) is 0.500. The Morgan fingerprint density at radius 3 is 2.93 bits per heavy atom. The molecule has 1 amide bonds. The number of thiophene rings is 2. The van der Waals surface area contributed by atoms with Gasteiger partial charge in [0.25, 0.3) is 5.56 Å².